The van der Waals surface area contributed by atoms with Crippen LogP contribution in [0, 0.1) is 0 Å². The van der Waals surface area contributed by atoms with Gasteiger partial charge in [0.1, 0.15) is 10.8 Å². The van der Waals surface area contributed by atoms with Crippen molar-refractivity contribution in [1.29, 1.82) is 0 Å². The quantitative estimate of drug-likeness (QED) is 0.185. The highest BCUT2D eigenvalue weighted by Gasteiger charge is 2.73. The summed E-state index contributed by atoms with van der Waals surface area (Å²) in [5.41, 5.74) is -3.80. The minimum Gasteiger partial charge on any atom is -0.404 e. The molecule has 1 saturated carbocycles. The maximum atomic E-state index is 14.6. The average Bonchev–Trinajstić information content (AvgIpc) is 3.68. The second kappa shape index (κ2) is 11.3. The van der Waals surface area contributed by atoms with Gasteiger partial charge in [0.15, 0.2) is 5.75 Å². The van der Waals surface area contributed by atoms with Crippen LogP contribution in [0.5, 0.6) is 5.75 Å². The Morgan fingerprint density at radius 3 is 2.17 bits per heavy atom. The molecule has 1 heterocycles. The summed E-state index contributed by atoms with van der Waals surface area (Å²) in [6.45, 7) is 0. The highest BCUT2D eigenvalue weighted by atomic mass is 79.9. The molecular formula is C23H16BrClF10N4O2. The van der Waals surface area contributed by atoms with Crippen molar-refractivity contribution in [2.24, 2.45) is 10.7 Å². The maximum absolute atomic E-state index is 14.6. The minimum atomic E-state index is -6.61. The van der Waals surface area contributed by atoms with E-state index in [9.17, 15) is 48.7 Å². The molecule has 1 aromatic heterocycles. The van der Waals surface area contributed by atoms with Crippen molar-refractivity contribution in [1.82, 2.24) is 9.88 Å². The van der Waals surface area contributed by atoms with Crippen molar-refractivity contribution in [2.75, 3.05) is 7.05 Å². The Bertz CT molecular complexity index is 1370. The SMILES string of the molecule is CN(C(=O)c1cc(C(C=Nc2c(Br)cc(C(F)(C(F)(F)F)C(F)(F)F)cc2OC(F)(F)F)=CN)cnc1Cl)C1CC1. The minimum absolute atomic E-state index is 0.00145. The second-order valence-electron chi connectivity index (χ2n) is 8.60. The molecule has 2 aromatic rings. The van der Waals surface area contributed by atoms with Crippen LogP contribution in [0.2, 0.25) is 5.15 Å². The van der Waals surface area contributed by atoms with Gasteiger partial charge in [0.05, 0.1) is 5.56 Å². The summed E-state index contributed by atoms with van der Waals surface area (Å²) in [5.74, 6) is -2.19. The van der Waals surface area contributed by atoms with Crippen molar-refractivity contribution in [3.8, 4) is 5.75 Å². The first-order chi connectivity index (χ1) is 18.7. The van der Waals surface area contributed by atoms with Gasteiger partial charge < -0.3 is 15.4 Å². The topological polar surface area (TPSA) is 80.8 Å². The Labute approximate surface area is 237 Å². The van der Waals surface area contributed by atoms with Gasteiger partial charge in [-0.05, 0) is 47.0 Å². The van der Waals surface area contributed by atoms with E-state index < -0.39 is 57.8 Å². The molecule has 0 radical (unpaired) electrons. The van der Waals surface area contributed by atoms with Gasteiger partial charge >= 0.3 is 24.4 Å². The molecule has 0 unspecified atom stereocenters. The third-order valence-electron chi connectivity index (χ3n) is 5.76. The number of hydrogen-bond donors (Lipinski definition) is 1. The van der Waals surface area contributed by atoms with E-state index in [1.54, 1.807) is 0 Å². The van der Waals surface area contributed by atoms with Crippen LogP contribution in [-0.2, 0) is 5.67 Å². The lowest BCUT2D eigenvalue weighted by atomic mass is 9.93. The molecule has 3 rings (SSSR count). The van der Waals surface area contributed by atoms with Crippen LogP contribution >= 0.6 is 27.5 Å². The van der Waals surface area contributed by atoms with Gasteiger partial charge in [0, 0.05) is 52.9 Å². The summed E-state index contributed by atoms with van der Waals surface area (Å²) < 4.78 is 136. The first-order valence-corrected chi connectivity index (χ1v) is 12.2. The van der Waals surface area contributed by atoms with E-state index in [1.165, 1.54) is 18.0 Å². The first kappa shape index (κ1) is 32.4. The zero-order chi connectivity index (χ0) is 31.1. The predicted octanol–water partition coefficient (Wildman–Crippen LogP) is 7.62. The largest absolute Gasteiger partial charge is 0.573 e. The Hall–Kier alpha value is -3.08. The van der Waals surface area contributed by atoms with Crippen LogP contribution in [0.4, 0.5) is 49.6 Å². The zero-order valence-corrected chi connectivity index (χ0v) is 22.6. The summed E-state index contributed by atoms with van der Waals surface area (Å²) in [4.78, 5) is 21.7. The number of aliphatic imine (C=N–C) groups is 1. The van der Waals surface area contributed by atoms with E-state index in [2.05, 4.69) is 30.6 Å². The number of carbonyl (C=O) groups excluding carboxylic acids is 1. The highest BCUT2D eigenvalue weighted by Crippen LogP contribution is 2.55. The number of alkyl halides is 10. The van der Waals surface area contributed by atoms with Gasteiger partial charge in [-0.1, -0.05) is 11.6 Å². The number of hydrogen-bond acceptors (Lipinski definition) is 5. The van der Waals surface area contributed by atoms with Gasteiger partial charge in [-0.2, -0.15) is 26.3 Å². The van der Waals surface area contributed by atoms with E-state index in [4.69, 9.17) is 17.3 Å². The third-order valence-corrected chi connectivity index (χ3v) is 6.67. The molecule has 0 saturated heterocycles. The Kier molecular flexibility index (Phi) is 8.94. The van der Waals surface area contributed by atoms with Crippen molar-refractivity contribution in [3.63, 3.8) is 0 Å². The van der Waals surface area contributed by atoms with Gasteiger partial charge in [0.25, 0.3) is 5.91 Å². The van der Waals surface area contributed by atoms with Crippen molar-refractivity contribution in [3.05, 3.63) is 56.9 Å². The smallest absolute Gasteiger partial charge is 0.404 e. The van der Waals surface area contributed by atoms with Gasteiger partial charge in [-0.25, -0.2) is 9.37 Å². The molecule has 0 aliphatic heterocycles. The number of nitrogens with zero attached hydrogens (tertiary/aromatic N) is 3. The fourth-order valence-corrected chi connectivity index (χ4v) is 4.24. The van der Waals surface area contributed by atoms with E-state index >= 15 is 0 Å². The molecule has 1 aliphatic carbocycles. The molecule has 18 heteroatoms. The molecule has 2 N–H and O–H groups in total. The van der Waals surface area contributed by atoms with Crippen molar-refractivity contribution < 1.29 is 53.4 Å². The van der Waals surface area contributed by atoms with E-state index in [0.717, 1.165) is 31.5 Å². The maximum Gasteiger partial charge on any atom is 0.573 e. The molecular weight excluding hydrogens is 670 g/mol. The summed E-state index contributed by atoms with van der Waals surface area (Å²) in [6, 6.07) is 0.804. The van der Waals surface area contributed by atoms with Gasteiger partial charge in [0.2, 0.25) is 0 Å². The molecule has 0 atom stereocenters. The number of carbonyl (C=O) groups is 1. The fraction of sp³-hybridized carbons (Fsp3) is 0.348. The number of nitrogens with two attached hydrogens (primary N) is 1. The molecule has 41 heavy (non-hydrogen) atoms. The van der Waals surface area contributed by atoms with Crippen LogP contribution in [0.3, 0.4) is 0 Å². The van der Waals surface area contributed by atoms with Crippen LogP contribution < -0.4 is 10.5 Å². The zero-order valence-electron chi connectivity index (χ0n) is 20.2. The van der Waals surface area contributed by atoms with E-state index in [-0.39, 0.29) is 34.0 Å². The normalized spacial score (nSPS) is 15.4. The third kappa shape index (κ3) is 6.88. The molecule has 1 amide bonds. The van der Waals surface area contributed by atoms with Crippen LogP contribution in [0.25, 0.3) is 5.57 Å². The van der Waals surface area contributed by atoms with E-state index in [1.807, 2.05) is 0 Å². The summed E-state index contributed by atoms with van der Waals surface area (Å²) >= 11 is 8.58. The fourth-order valence-electron chi connectivity index (χ4n) is 3.51. The van der Waals surface area contributed by atoms with Crippen molar-refractivity contribution >= 4 is 50.9 Å². The Balaban J connectivity index is 2.10. The first-order valence-electron chi connectivity index (χ1n) is 11.0. The molecule has 1 aromatic carbocycles. The number of allylic oxidation sites excluding steroid dienone is 1. The molecule has 1 fully saturated rings. The van der Waals surface area contributed by atoms with Gasteiger partial charge in [-0.15, -0.1) is 13.2 Å². The van der Waals surface area contributed by atoms with Crippen LogP contribution in [-0.4, -0.2) is 53.8 Å². The number of ether oxygens (including phenoxy) is 1. The van der Waals surface area contributed by atoms with Crippen molar-refractivity contribution in [2.45, 2.75) is 43.3 Å². The predicted molar refractivity (Wildman–Crippen MR) is 130 cm³/mol. The highest BCUT2D eigenvalue weighted by molar-refractivity contribution is 9.10. The van der Waals surface area contributed by atoms with Crippen LogP contribution in [0.15, 0.2) is 40.1 Å². The summed E-state index contributed by atoms with van der Waals surface area (Å²) in [6.07, 6.45) is -14.5. The number of halogens is 12. The van der Waals surface area contributed by atoms with Crippen LogP contribution in [0.1, 0.15) is 34.3 Å². The monoisotopic (exact) mass is 684 g/mol. The molecule has 1 aliphatic rings. The molecule has 6 nitrogen and oxygen atoms in total. The standard InChI is InChI=1S/C23H16BrClF10N4O2/c1-39(13-2-3-13)19(40)14-4-10(8-38-18(14)25)11(7-36)9-37-17-15(24)5-12(6-16(17)41-23(33,34)35)20(26,21(27,28)29)22(30,31)32/h4-9,13H,2-3,36H2,1H3. The lowest BCUT2D eigenvalue weighted by Crippen LogP contribution is -2.50. The average molecular weight is 686 g/mol. The lowest BCUT2D eigenvalue weighted by Gasteiger charge is -2.31. The number of rotatable bonds is 7. The number of benzene rings is 1. The summed E-state index contributed by atoms with van der Waals surface area (Å²) in [5, 5.41) is -0.178. The van der Waals surface area contributed by atoms with Gasteiger partial charge in [-0.3, -0.25) is 9.79 Å². The molecule has 0 spiro atoms. The lowest BCUT2D eigenvalue weighted by molar-refractivity contribution is -0.348. The Morgan fingerprint density at radius 1 is 1.10 bits per heavy atom. The Morgan fingerprint density at radius 2 is 1.68 bits per heavy atom. The second-order valence-corrected chi connectivity index (χ2v) is 9.81. The number of pyridine rings is 1. The molecule has 224 valence electrons. The van der Waals surface area contributed by atoms with E-state index in [0.29, 0.717) is 0 Å². The molecule has 0 bridgehead atoms. The number of amides is 1. The number of aromatic nitrogens is 1. The summed E-state index contributed by atoms with van der Waals surface area (Å²) in [7, 11) is 1.54.